The summed E-state index contributed by atoms with van der Waals surface area (Å²) in [7, 11) is 0. The van der Waals surface area contributed by atoms with Gasteiger partial charge in [-0.05, 0) is 55.0 Å². The monoisotopic (exact) mass is 512 g/mol. The molecule has 10 nitrogen and oxygen atoms in total. The highest BCUT2D eigenvalue weighted by molar-refractivity contribution is 5.81. The normalized spacial score (nSPS) is 13.2. The quantitative estimate of drug-likeness (QED) is 0.156. The van der Waals surface area contributed by atoms with Gasteiger partial charge in [-0.15, -0.1) is 0 Å². The summed E-state index contributed by atoms with van der Waals surface area (Å²) < 4.78 is 12.1. The minimum atomic E-state index is -0.616. The molecule has 0 aliphatic carbocycles. The molecule has 0 amide bonds. The molecule has 38 heavy (non-hydrogen) atoms. The molecule has 2 heterocycles. The third-order valence-electron chi connectivity index (χ3n) is 6.22. The third-order valence-corrected chi connectivity index (χ3v) is 6.22. The second-order valence-electron chi connectivity index (χ2n) is 8.96. The highest BCUT2D eigenvalue weighted by Crippen LogP contribution is 2.38. The molecule has 2 aliphatic rings. The minimum Gasteiger partial charge on any atom is -0.505 e. The van der Waals surface area contributed by atoms with Gasteiger partial charge in [0, 0.05) is 18.6 Å². The van der Waals surface area contributed by atoms with Crippen LogP contribution in [0.5, 0.6) is 23.0 Å². The topological polar surface area (TPSA) is 114 Å². The van der Waals surface area contributed by atoms with Gasteiger partial charge in [0.2, 0.25) is 6.29 Å². The number of fused-ring (bicyclic) bond motifs is 2. The Morgan fingerprint density at radius 1 is 0.632 bits per heavy atom. The smallest absolute Gasteiger partial charge is 0.241 e. The summed E-state index contributed by atoms with van der Waals surface area (Å²) in [5.41, 5.74) is 17.6. The molecule has 4 aromatic rings. The second-order valence-corrected chi connectivity index (χ2v) is 8.96. The Hall–Kier alpha value is -5.12. The Morgan fingerprint density at radius 2 is 1.03 bits per heavy atom. The lowest BCUT2D eigenvalue weighted by Crippen LogP contribution is -2.29. The van der Waals surface area contributed by atoms with Crippen molar-refractivity contribution < 1.29 is 19.7 Å². The average Bonchev–Trinajstić information content (AvgIpc) is 3.53. The van der Waals surface area contributed by atoms with E-state index in [9.17, 15) is 10.2 Å². The van der Waals surface area contributed by atoms with Crippen molar-refractivity contribution in [2.45, 2.75) is 26.1 Å². The molecular formula is C28H28N6O4. The lowest BCUT2D eigenvalue weighted by Gasteiger charge is -2.23. The number of phenolic OH excluding ortho intramolecular Hbond substituents is 2. The highest BCUT2D eigenvalue weighted by atomic mass is 16.7. The molecule has 0 spiro atoms. The fraction of sp³-hybridized carbons (Fsp3) is 0.143. The number of nitrogens with zero attached hydrogens (tertiary/aromatic N) is 2. The van der Waals surface area contributed by atoms with Gasteiger partial charge in [-0.2, -0.15) is 10.2 Å². The number of nitrogens with one attached hydrogen (secondary N) is 4. The van der Waals surface area contributed by atoms with E-state index in [0.717, 1.165) is 29.2 Å². The average molecular weight is 513 g/mol. The lowest BCUT2D eigenvalue weighted by molar-refractivity contribution is -0.00123. The summed E-state index contributed by atoms with van der Waals surface area (Å²) in [6.45, 7) is 2.03. The van der Waals surface area contributed by atoms with Crippen LogP contribution in [0.2, 0.25) is 0 Å². The Labute approximate surface area is 219 Å². The maximum absolute atomic E-state index is 10.7. The van der Waals surface area contributed by atoms with Crippen LogP contribution in [0.1, 0.15) is 19.8 Å². The zero-order valence-corrected chi connectivity index (χ0v) is 20.7. The summed E-state index contributed by atoms with van der Waals surface area (Å²) in [5, 5.41) is 24.7. The SMILES string of the molecule is CCCC(Oc1ccc(N2Nc3ccccc3N2)c(O)c1)Oc1ccc(N2Nc3ccccc3N2)c(O)c1. The first-order chi connectivity index (χ1) is 18.6. The van der Waals surface area contributed by atoms with Crippen molar-refractivity contribution in [1.82, 2.24) is 0 Å². The highest BCUT2D eigenvalue weighted by Gasteiger charge is 2.23. The maximum Gasteiger partial charge on any atom is 0.241 e. The number of anilines is 6. The molecule has 2 aliphatic heterocycles. The van der Waals surface area contributed by atoms with Crippen molar-refractivity contribution >= 4 is 34.1 Å². The standard InChI is InChI=1S/C28H28N6O4/c1-2-7-28(37-18-12-14-24(26(35)16-18)33-29-20-8-3-4-9-21(20)30-33)38-19-13-15-25(27(36)17-19)34-31-22-10-5-6-11-23(22)32-34/h3-6,8-17,28-32,35-36H,2,7H2,1H3. The van der Waals surface area contributed by atoms with Gasteiger partial charge in [-0.25, -0.2) is 0 Å². The third kappa shape index (κ3) is 4.55. The van der Waals surface area contributed by atoms with Gasteiger partial charge in [-0.3, -0.25) is 21.7 Å². The van der Waals surface area contributed by atoms with E-state index in [0.29, 0.717) is 29.3 Å². The van der Waals surface area contributed by atoms with Crippen molar-refractivity contribution in [3.63, 3.8) is 0 Å². The first-order valence-corrected chi connectivity index (χ1v) is 12.4. The molecule has 0 saturated carbocycles. The van der Waals surface area contributed by atoms with Crippen LogP contribution in [0.25, 0.3) is 0 Å². The van der Waals surface area contributed by atoms with Crippen molar-refractivity contribution in [2.75, 3.05) is 31.9 Å². The Kier molecular flexibility index (Phi) is 5.97. The molecule has 4 aromatic carbocycles. The predicted octanol–water partition coefficient (Wildman–Crippen LogP) is 6.03. The van der Waals surface area contributed by atoms with Crippen LogP contribution in [0.3, 0.4) is 0 Å². The molecule has 0 radical (unpaired) electrons. The van der Waals surface area contributed by atoms with Gasteiger partial charge in [0.15, 0.2) is 0 Å². The molecule has 0 atom stereocenters. The van der Waals surface area contributed by atoms with Gasteiger partial charge in [0.05, 0.1) is 22.7 Å². The summed E-state index contributed by atoms with van der Waals surface area (Å²) in [4.78, 5) is 0. The van der Waals surface area contributed by atoms with E-state index >= 15 is 0 Å². The lowest BCUT2D eigenvalue weighted by atomic mass is 10.2. The zero-order valence-electron chi connectivity index (χ0n) is 20.7. The van der Waals surface area contributed by atoms with Gasteiger partial charge >= 0.3 is 0 Å². The summed E-state index contributed by atoms with van der Waals surface area (Å²) >= 11 is 0. The number of hydrogen-bond donors (Lipinski definition) is 6. The van der Waals surface area contributed by atoms with E-state index < -0.39 is 6.29 Å². The van der Waals surface area contributed by atoms with Crippen LogP contribution in [0.4, 0.5) is 34.1 Å². The molecule has 6 rings (SSSR count). The minimum absolute atomic E-state index is 0.0409. The number of ether oxygens (including phenoxy) is 2. The fourth-order valence-electron chi connectivity index (χ4n) is 4.35. The number of hydrazine groups is 4. The van der Waals surface area contributed by atoms with E-state index in [1.165, 1.54) is 0 Å². The van der Waals surface area contributed by atoms with Crippen LogP contribution in [0, 0.1) is 0 Å². The van der Waals surface area contributed by atoms with Crippen LogP contribution in [0.15, 0.2) is 84.9 Å². The van der Waals surface area contributed by atoms with Gasteiger partial charge in [0.1, 0.15) is 34.4 Å². The Bertz CT molecular complexity index is 1310. The van der Waals surface area contributed by atoms with Crippen LogP contribution < -0.4 is 41.4 Å². The van der Waals surface area contributed by atoms with Gasteiger partial charge < -0.3 is 19.7 Å². The molecule has 0 bridgehead atoms. The van der Waals surface area contributed by atoms with Crippen molar-refractivity contribution in [2.24, 2.45) is 0 Å². The second kappa shape index (κ2) is 9.74. The van der Waals surface area contributed by atoms with Crippen LogP contribution in [-0.2, 0) is 0 Å². The molecular weight excluding hydrogens is 484 g/mol. The van der Waals surface area contributed by atoms with Gasteiger partial charge in [-0.1, -0.05) is 31.2 Å². The van der Waals surface area contributed by atoms with Crippen molar-refractivity contribution in [3.8, 4) is 23.0 Å². The molecule has 194 valence electrons. The summed E-state index contributed by atoms with van der Waals surface area (Å²) in [5.74, 6) is 1.01. The number of para-hydroxylation sites is 4. The zero-order chi connectivity index (χ0) is 26.1. The molecule has 0 aromatic heterocycles. The molecule has 6 N–H and O–H groups in total. The van der Waals surface area contributed by atoms with E-state index in [-0.39, 0.29) is 11.5 Å². The Morgan fingerprint density at radius 3 is 1.37 bits per heavy atom. The first kappa shape index (κ1) is 23.3. The van der Waals surface area contributed by atoms with Crippen molar-refractivity contribution in [3.05, 3.63) is 84.9 Å². The largest absolute Gasteiger partial charge is 0.505 e. The van der Waals surface area contributed by atoms with Gasteiger partial charge in [0.25, 0.3) is 0 Å². The van der Waals surface area contributed by atoms with E-state index in [1.807, 2.05) is 55.5 Å². The number of aromatic hydroxyl groups is 2. The maximum atomic E-state index is 10.7. The molecule has 0 fully saturated rings. The summed E-state index contributed by atoms with van der Waals surface area (Å²) in [6.07, 6.45) is 0.814. The predicted molar refractivity (Wildman–Crippen MR) is 148 cm³/mol. The number of rotatable bonds is 8. The van der Waals surface area contributed by atoms with Crippen molar-refractivity contribution in [1.29, 1.82) is 0 Å². The number of phenols is 2. The van der Waals surface area contributed by atoms with Crippen LogP contribution >= 0.6 is 0 Å². The van der Waals surface area contributed by atoms with E-state index in [4.69, 9.17) is 9.47 Å². The molecule has 0 saturated heterocycles. The van der Waals surface area contributed by atoms with E-state index in [1.54, 1.807) is 46.6 Å². The van der Waals surface area contributed by atoms with E-state index in [2.05, 4.69) is 21.7 Å². The molecule has 10 heteroatoms. The molecule has 0 unspecified atom stereocenters. The summed E-state index contributed by atoms with van der Waals surface area (Å²) in [6, 6.07) is 25.7. The first-order valence-electron chi connectivity index (χ1n) is 12.4. The van der Waals surface area contributed by atoms with Crippen LogP contribution in [-0.4, -0.2) is 16.5 Å². The number of hydrogen-bond acceptors (Lipinski definition) is 10. The number of benzene rings is 4. The Balaban J connectivity index is 1.12. The fourth-order valence-corrected chi connectivity index (χ4v) is 4.35.